The largest absolute Gasteiger partial charge is 0.461 e. The fourth-order valence-electron chi connectivity index (χ4n) is 7.60. The van der Waals surface area contributed by atoms with Gasteiger partial charge in [0, 0.05) is 55.7 Å². The van der Waals surface area contributed by atoms with Crippen LogP contribution in [0.4, 0.5) is 33.5 Å². The van der Waals surface area contributed by atoms with E-state index in [1.54, 1.807) is 0 Å². The van der Waals surface area contributed by atoms with Gasteiger partial charge in [0.1, 0.15) is 18.6 Å². The molecule has 0 radical (unpaired) electrons. The second-order valence-electron chi connectivity index (χ2n) is 12.2. The predicted molar refractivity (Wildman–Crippen MR) is 140 cm³/mol. The number of ether oxygens (including phenoxy) is 2. The number of rotatable bonds is 5. The number of nitrogens with one attached hydrogen (secondary N) is 1. The van der Waals surface area contributed by atoms with Crippen molar-refractivity contribution in [3.63, 3.8) is 0 Å². The Balaban J connectivity index is 1.24. The van der Waals surface area contributed by atoms with Gasteiger partial charge in [0.25, 0.3) is 0 Å². The lowest BCUT2D eigenvalue weighted by molar-refractivity contribution is -0.140. The Labute approximate surface area is 234 Å². The third-order valence-electron chi connectivity index (χ3n) is 9.44. The Morgan fingerprint density at radius 2 is 1.98 bits per heavy atom. The average Bonchev–Trinajstić information content (AvgIpc) is 3.43. The third-order valence-corrected chi connectivity index (χ3v) is 9.44. The molecule has 2 bridgehead atoms. The topological polar surface area (TPSA) is 88.8 Å². The molecule has 0 spiro atoms. The summed E-state index contributed by atoms with van der Waals surface area (Å²) in [5, 5.41) is 3.48. The summed E-state index contributed by atoms with van der Waals surface area (Å²) in [6.07, 6.45) is -3.83. The molecular formula is C28H33F5N6O2. The standard InChI is InChI=1S/C28H33F5N6O2/c1-14-5-19(34)24(30)22(23(14)28(31,32)33)21-7-20-18(12-40-21)25(38-10-16-6-17(11-38)35-16)37-26(36-20)41-13-27-3-2-4-39(27)9-15(29)8-27/h5,15-17,21,35H,2-4,6-13,34H2,1H3/t15-,16?,17?,21-,27+/m1/s1. The molecule has 6 aliphatic rings. The molecule has 0 aliphatic carbocycles. The molecule has 13 heteroatoms. The van der Waals surface area contributed by atoms with Crippen molar-refractivity contribution < 1.29 is 31.4 Å². The number of aryl methyl sites for hydroxylation is 1. The number of halogens is 5. The SMILES string of the molecule is Cc1cc(N)c(F)c([C@H]2Cc3nc(OC[C@@]45CCCN4C[C@H](F)C5)nc(N4CC5CC(C4)N5)c3CO2)c1C(F)(F)F. The number of aromatic nitrogens is 2. The number of nitrogens with two attached hydrogens (primary N) is 1. The van der Waals surface area contributed by atoms with Crippen molar-refractivity contribution in [3.8, 4) is 6.01 Å². The summed E-state index contributed by atoms with van der Waals surface area (Å²) in [6, 6.07) is 1.74. The molecule has 1 aromatic heterocycles. The number of fused-ring (bicyclic) bond motifs is 4. The van der Waals surface area contributed by atoms with Crippen LogP contribution >= 0.6 is 0 Å². The Bertz CT molecular complexity index is 1360. The van der Waals surface area contributed by atoms with E-state index in [1.807, 2.05) is 0 Å². The van der Waals surface area contributed by atoms with E-state index < -0.39 is 40.9 Å². The zero-order chi connectivity index (χ0) is 28.7. The van der Waals surface area contributed by atoms with Crippen LogP contribution in [0.25, 0.3) is 0 Å². The average molecular weight is 581 g/mol. The molecule has 6 aliphatic heterocycles. The van der Waals surface area contributed by atoms with E-state index in [-0.39, 0.29) is 36.9 Å². The summed E-state index contributed by atoms with van der Waals surface area (Å²) in [5.74, 6) is -0.512. The van der Waals surface area contributed by atoms with Gasteiger partial charge >= 0.3 is 12.2 Å². The highest BCUT2D eigenvalue weighted by Gasteiger charge is 2.50. The molecule has 5 fully saturated rings. The van der Waals surface area contributed by atoms with Gasteiger partial charge in [-0.2, -0.15) is 23.1 Å². The van der Waals surface area contributed by atoms with Gasteiger partial charge in [-0.1, -0.05) is 0 Å². The highest BCUT2D eigenvalue weighted by Crippen LogP contribution is 2.45. The highest BCUT2D eigenvalue weighted by molar-refractivity contribution is 5.55. The number of hydrogen-bond acceptors (Lipinski definition) is 8. The van der Waals surface area contributed by atoms with Gasteiger partial charge in [-0.3, -0.25) is 4.90 Å². The Morgan fingerprint density at radius 1 is 1.22 bits per heavy atom. The van der Waals surface area contributed by atoms with Gasteiger partial charge in [0.2, 0.25) is 0 Å². The van der Waals surface area contributed by atoms with E-state index >= 15 is 4.39 Å². The summed E-state index contributed by atoms with van der Waals surface area (Å²) in [6.45, 7) is 4.03. The van der Waals surface area contributed by atoms with Crippen LogP contribution < -0.4 is 20.7 Å². The maximum absolute atomic E-state index is 15.3. The van der Waals surface area contributed by atoms with Crippen molar-refractivity contribution in [1.82, 2.24) is 20.2 Å². The first-order chi connectivity index (χ1) is 19.5. The number of piperidine rings is 1. The van der Waals surface area contributed by atoms with E-state index in [9.17, 15) is 17.6 Å². The van der Waals surface area contributed by atoms with Crippen LogP contribution in [0.15, 0.2) is 6.07 Å². The van der Waals surface area contributed by atoms with Crippen molar-refractivity contribution in [3.05, 3.63) is 39.8 Å². The molecule has 2 unspecified atom stereocenters. The normalized spacial score (nSPS) is 31.1. The first-order valence-corrected chi connectivity index (χ1v) is 14.2. The maximum Gasteiger partial charge on any atom is 0.417 e. The van der Waals surface area contributed by atoms with Gasteiger partial charge in [-0.25, -0.2) is 8.78 Å². The van der Waals surface area contributed by atoms with Crippen molar-refractivity contribution in [1.29, 1.82) is 0 Å². The first kappa shape index (κ1) is 27.1. The lowest BCUT2D eigenvalue weighted by Crippen LogP contribution is -2.67. The molecule has 2 aromatic rings. The van der Waals surface area contributed by atoms with Gasteiger partial charge < -0.3 is 25.4 Å². The molecule has 1 aromatic carbocycles. The minimum Gasteiger partial charge on any atom is -0.461 e. The minimum absolute atomic E-state index is 0.0826. The number of nitrogen functional groups attached to an aromatic ring is 1. The summed E-state index contributed by atoms with van der Waals surface area (Å²) >= 11 is 0. The summed E-state index contributed by atoms with van der Waals surface area (Å²) in [7, 11) is 0. The molecule has 0 saturated carbocycles. The van der Waals surface area contributed by atoms with E-state index in [1.165, 1.54) is 6.92 Å². The van der Waals surface area contributed by atoms with Gasteiger partial charge in [0.05, 0.1) is 35.2 Å². The Kier molecular flexibility index (Phi) is 6.36. The first-order valence-electron chi connectivity index (χ1n) is 14.2. The minimum atomic E-state index is -4.80. The Morgan fingerprint density at radius 3 is 2.71 bits per heavy atom. The van der Waals surface area contributed by atoms with E-state index in [4.69, 9.17) is 20.2 Å². The molecule has 7 heterocycles. The van der Waals surface area contributed by atoms with Gasteiger partial charge in [-0.15, -0.1) is 0 Å². The van der Waals surface area contributed by atoms with Crippen LogP contribution in [0.1, 0.15) is 59.7 Å². The lowest BCUT2D eigenvalue weighted by atomic mass is 9.90. The van der Waals surface area contributed by atoms with Crippen molar-refractivity contribution in [2.75, 3.05) is 43.4 Å². The maximum atomic E-state index is 15.3. The molecule has 5 saturated heterocycles. The predicted octanol–water partition coefficient (Wildman–Crippen LogP) is 3.84. The number of hydrogen-bond donors (Lipinski definition) is 2. The van der Waals surface area contributed by atoms with Crippen LogP contribution in [0.5, 0.6) is 6.01 Å². The van der Waals surface area contributed by atoms with Crippen LogP contribution in [-0.4, -0.2) is 71.4 Å². The van der Waals surface area contributed by atoms with Crippen LogP contribution in [0.2, 0.25) is 0 Å². The molecule has 222 valence electrons. The summed E-state index contributed by atoms with van der Waals surface area (Å²) in [5.41, 5.74) is 4.25. The Hall–Kier alpha value is -2.77. The van der Waals surface area contributed by atoms with Crippen LogP contribution in [0.3, 0.4) is 0 Å². The third kappa shape index (κ3) is 4.60. The number of alkyl halides is 4. The second kappa shape index (κ2) is 9.63. The number of piperazine rings is 1. The number of nitrogens with zero attached hydrogens (tertiary/aromatic N) is 4. The van der Waals surface area contributed by atoms with Crippen molar-refractivity contribution >= 4 is 11.5 Å². The molecule has 8 nitrogen and oxygen atoms in total. The zero-order valence-corrected chi connectivity index (χ0v) is 22.7. The van der Waals surface area contributed by atoms with E-state index in [0.29, 0.717) is 55.2 Å². The smallest absolute Gasteiger partial charge is 0.417 e. The van der Waals surface area contributed by atoms with Crippen molar-refractivity contribution in [2.24, 2.45) is 0 Å². The summed E-state index contributed by atoms with van der Waals surface area (Å²) < 4.78 is 84.0. The monoisotopic (exact) mass is 580 g/mol. The molecule has 5 atom stereocenters. The molecule has 41 heavy (non-hydrogen) atoms. The molecule has 8 rings (SSSR count). The molecular weight excluding hydrogens is 547 g/mol. The van der Waals surface area contributed by atoms with Crippen LogP contribution in [0, 0.1) is 12.7 Å². The lowest BCUT2D eigenvalue weighted by Gasteiger charge is -2.49. The molecule has 0 amide bonds. The van der Waals surface area contributed by atoms with Gasteiger partial charge in [0.15, 0.2) is 5.82 Å². The molecule has 3 N–H and O–H groups in total. The number of anilines is 2. The summed E-state index contributed by atoms with van der Waals surface area (Å²) in [4.78, 5) is 13.6. The number of benzene rings is 1. The highest BCUT2D eigenvalue weighted by atomic mass is 19.4. The van der Waals surface area contributed by atoms with Crippen molar-refractivity contribution in [2.45, 2.75) is 81.7 Å². The quantitative estimate of drug-likeness (QED) is 0.408. The zero-order valence-electron chi connectivity index (χ0n) is 22.7. The second-order valence-corrected chi connectivity index (χ2v) is 12.2. The van der Waals surface area contributed by atoms with Gasteiger partial charge in [-0.05, 0) is 44.4 Å². The fourth-order valence-corrected chi connectivity index (χ4v) is 7.60. The van der Waals surface area contributed by atoms with E-state index in [0.717, 1.165) is 31.9 Å². The fraction of sp³-hybridized carbons (Fsp3) is 0.643. The van der Waals surface area contributed by atoms with E-state index in [2.05, 4.69) is 20.1 Å². The van der Waals surface area contributed by atoms with Crippen LogP contribution in [-0.2, 0) is 23.9 Å².